The molecule has 7 heteroatoms. The number of halogens is 1. The quantitative estimate of drug-likeness (QED) is 0.789. The van der Waals surface area contributed by atoms with E-state index in [4.69, 9.17) is 21.9 Å². The van der Waals surface area contributed by atoms with Crippen molar-refractivity contribution in [3.05, 3.63) is 41.1 Å². The molecule has 122 valence electrons. The van der Waals surface area contributed by atoms with Gasteiger partial charge in [-0.15, -0.1) is 0 Å². The first-order valence-electron chi connectivity index (χ1n) is 7.46. The predicted molar refractivity (Wildman–Crippen MR) is 85.5 cm³/mol. The zero-order valence-electron chi connectivity index (χ0n) is 12.4. The van der Waals surface area contributed by atoms with Crippen LogP contribution in [0.15, 0.2) is 34.9 Å². The molecule has 1 fully saturated rings. The van der Waals surface area contributed by atoms with Gasteiger partial charge < -0.3 is 20.7 Å². The van der Waals surface area contributed by atoms with Gasteiger partial charge in [0.05, 0.1) is 12.6 Å². The third kappa shape index (κ3) is 3.72. The van der Waals surface area contributed by atoms with Crippen LogP contribution in [0.2, 0.25) is 5.02 Å². The number of aliphatic hydroxyl groups excluding tert-OH is 1. The molecule has 2 aromatic rings. The van der Waals surface area contributed by atoms with Crippen LogP contribution >= 0.6 is 11.6 Å². The fourth-order valence-corrected chi connectivity index (χ4v) is 2.86. The number of nitrogens with zero attached hydrogens (tertiary/aromatic N) is 1. The van der Waals surface area contributed by atoms with Gasteiger partial charge in [-0.1, -0.05) is 28.9 Å². The van der Waals surface area contributed by atoms with E-state index in [1.807, 2.05) is 12.1 Å². The number of nitrogens with one attached hydrogen (secondary N) is 1. The molecule has 0 radical (unpaired) electrons. The molecular formula is C16H18ClN3O3. The standard InChI is InChI=1S/C16H18ClN3O3/c17-11-3-1-9(2-4-11)14-7-12(23-20-14)8-19-16(22)10-5-13(18)15(21)6-10/h1-4,7,10,13,15,21H,5-6,8,18H2,(H,19,22)/t10-,13-,15-/m0/s1. The molecule has 3 rings (SSSR count). The van der Waals surface area contributed by atoms with Crippen molar-refractivity contribution in [3.8, 4) is 11.3 Å². The van der Waals surface area contributed by atoms with Gasteiger partial charge >= 0.3 is 0 Å². The van der Waals surface area contributed by atoms with Crippen LogP contribution in [-0.4, -0.2) is 28.3 Å². The Morgan fingerprint density at radius 1 is 1.39 bits per heavy atom. The van der Waals surface area contributed by atoms with Crippen molar-refractivity contribution in [2.24, 2.45) is 11.7 Å². The van der Waals surface area contributed by atoms with Crippen molar-refractivity contribution in [3.63, 3.8) is 0 Å². The summed E-state index contributed by atoms with van der Waals surface area (Å²) in [6.07, 6.45) is 0.298. The van der Waals surface area contributed by atoms with Crippen LogP contribution in [0.4, 0.5) is 0 Å². The molecule has 1 heterocycles. The monoisotopic (exact) mass is 335 g/mol. The molecule has 23 heavy (non-hydrogen) atoms. The molecular weight excluding hydrogens is 318 g/mol. The van der Waals surface area contributed by atoms with E-state index in [1.165, 1.54) is 0 Å². The number of carbonyl (C=O) groups is 1. The Balaban J connectivity index is 1.57. The normalized spacial score (nSPS) is 23.9. The van der Waals surface area contributed by atoms with E-state index < -0.39 is 6.10 Å². The number of aromatic nitrogens is 1. The van der Waals surface area contributed by atoms with Crippen LogP contribution in [0.3, 0.4) is 0 Å². The van der Waals surface area contributed by atoms with E-state index >= 15 is 0 Å². The number of nitrogens with two attached hydrogens (primary N) is 1. The van der Waals surface area contributed by atoms with E-state index in [0.29, 0.717) is 29.3 Å². The average Bonchev–Trinajstić information content (AvgIpc) is 3.13. The highest BCUT2D eigenvalue weighted by Gasteiger charge is 2.34. The van der Waals surface area contributed by atoms with Gasteiger partial charge in [-0.3, -0.25) is 4.79 Å². The van der Waals surface area contributed by atoms with Gasteiger partial charge in [-0.05, 0) is 25.0 Å². The van der Waals surface area contributed by atoms with Crippen LogP contribution in [0.5, 0.6) is 0 Å². The van der Waals surface area contributed by atoms with Crippen molar-refractivity contribution >= 4 is 17.5 Å². The van der Waals surface area contributed by atoms with Crippen LogP contribution in [-0.2, 0) is 11.3 Å². The van der Waals surface area contributed by atoms with Crippen LogP contribution < -0.4 is 11.1 Å². The molecule has 0 unspecified atom stereocenters. The SMILES string of the molecule is N[C@H]1C[C@H](C(=O)NCc2cc(-c3ccc(Cl)cc3)no2)C[C@@H]1O. The predicted octanol–water partition coefficient (Wildman–Crippen LogP) is 1.71. The maximum Gasteiger partial charge on any atom is 0.223 e. The summed E-state index contributed by atoms with van der Waals surface area (Å²) in [6, 6.07) is 8.71. The van der Waals surface area contributed by atoms with Gasteiger partial charge in [0.1, 0.15) is 5.69 Å². The fourth-order valence-electron chi connectivity index (χ4n) is 2.73. The Hall–Kier alpha value is -1.89. The number of benzene rings is 1. The van der Waals surface area contributed by atoms with E-state index in [9.17, 15) is 9.90 Å². The fraction of sp³-hybridized carbons (Fsp3) is 0.375. The van der Waals surface area contributed by atoms with Crippen molar-refractivity contribution in [1.29, 1.82) is 0 Å². The van der Waals surface area contributed by atoms with E-state index in [1.54, 1.807) is 18.2 Å². The second-order valence-electron chi connectivity index (χ2n) is 5.80. The first kappa shape index (κ1) is 16.0. The lowest BCUT2D eigenvalue weighted by molar-refractivity contribution is -0.125. The topological polar surface area (TPSA) is 101 Å². The molecule has 1 amide bonds. The molecule has 1 aromatic heterocycles. The van der Waals surface area contributed by atoms with Gasteiger partial charge in [0.25, 0.3) is 0 Å². The zero-order chi connectivity index (χ0) is 16.4. The highest BCUT2D eigenvalue weighted by Crippen LogP contribution is 2.25. The molecule has 1 aromatic carbocycles. The second kappa shape index (κ2) is 6.70. The first-order chi connectivity index (χ1) is 11.0. The summed E-state index contributed by atoms with van der Waals surface area (Å²) < 4.78 is 5.23. The number of aliphatic hydroxyl groups is 1. The average molecular weight is 336 g/mol. The highest BCUT2D eigenvalue weighted by molar-refractivity contribution is 6.30. The Morgan fingerprint density at radius 3 is 2.78 bits per heavy atom. The van der Waals surface area contributed by atoms with Crippen molar-refractivity contribution in [2.75, 3.05) is 0 Å². The summed E-state index contributed by atoms with van der Waals surface area (Å²) in [6.45, 7) is 0.251. The van der Waals surface area contributed by atoms with Crippen LogP contribution in [0, 0.1) is 5.92 Å². The summed E-state index contributed by atoms with van der Waals surface area (Å²) in [7, 11) is 0. The number of carbonyl (C=O) groups excluding carboxylic acids is 1. The maximum absolute atomic E-state index is 12.1. The lowest BCUT2D eigenvalue weighted by Crippen LogP contribution is -2.30. The summed E-state index contributed by atoms with van der Waals surface area (Å²) in [5.74, 6) is 0.186. The Kier molecular flexibility index (Phi) is 4.66. The second-order valence-corrected chi connectivity index (χ2v) is 6.24. The lowest BCUT2D eigenvalue weighted by Gasteiger charge is -2.08. The first-order valence-corrected chi connectivity index (χ1v) is 7.83. The summed E-state index contributed by atoms with van der Waals surface area (Å²) >= 11 is 5.85. The van der Waals surface area contributed by atoms with Crippen LogP contribution in [0.1, 0.15) is 18.6 Å². The van der Waals surface area contributed by atoms with Crippen molar-refractivity contribution in [2.45, 2.75) is 31.5 Å². The minimum atomic E-state index is -0.604. The number of rotatable bonds is 4. The minimum absolute atomic E-state index is 0.124. The summed E-state index contributed by atoms with van der Waals surface area (Å²) in [5, 5.41) is 17.0. The molecule has 0 aliphatic heterocycles. The number of hydrogen-bond donors (Lipinski definition) is 3. The zero-order valence-corrected chi connectivity index (χ0v) is 13.2. The number of hydrogen-bond acceptors (Lipinski definition) is 5. The Bertz CT molecular complexity index is 676. The molecule has 1 aliphatic carbocycles. The molecule has 0 bridgehead atoms. The van der Waals surface area contributed by atoms with Gasteiger partial charge in [0.15, 0.2) is 5.76 Å². The minimum Gasteiger partial charge on any atom is -0.391 e. The third-order valence-corrected chi connectivity index (χ3v) is 4.34. The van der Waals surface area contributed by atoms with Crippen molar-refractivity contribution < 1.29 is 14.4 Å². The molecule has 4 N–H and O–H groups in total. The number of amides is 1. The third-order valence-electron chi connectivity index (χ3n) is 4.08. The molecule has 1 aliphatic rings. The van der Waals surface area contributed by atoms with E-state index in [2.05, 4.69) is 10.5 Å². The molecule has 0 spiro atoms. The lowest BCUT2D eigenvalue weighted by atomic mass is 10.1. The summed E-state index contributed by atoms with van der Waals surface area (Å²) in [5.41, 5.74) is 7.30. The van der Waals surface area contributed by atoms with E-state index in [-0.39, 0.29) is 24.4 Å². The van der Waals surface area contributed by atoms with Gasteiger partial charge in [0, 0.05) is 28.6 Å². The van der Waals surface area contributed by atoms with Gasteiger partial charge in [0.2, 0.25) is 5.91 Å². The Morgan fingerprint density at radius 2 is 2.13 bits per heavy atom. The van der Waals surface area contributed by atoms with Crippen LogP contribution in [0.25, 0.3) is 11.3 Å². The molecule has 0 saturated heterocycles. The van der Waals surface area contributed by atoms with Gasteiger partial charge in [-0.25, -0.2) is 0 Å². The Labute approximate surface area is 138 Å². The summed E-state index contributed by atoms with van der Waals surface area (Å²) in [4.78, 5) is 12.1. The van der Waals surface area contributed by atoms with Crippen molar-refractivity contribution in [1.82, 2.24) is 10.5 Å². The smallest absolute Gasteiger partial charge is 0.223 e. The molecule has 3 atom stereocenters. The van der Waals surface area contributed by atoms with Gasteiger partial charge in [-0.2, -0.15) is 0 Å². The van der Waals surface area contributed by atoms with E-state index in [0.717, 1.165) is 5.56 Å². The molecule has 1 saturated carbocycles. The maximum atomic E-state index is 12.1. The largest absolute Gasteiger partial charge is 0.391 e. The highest BCUT2D eigenvalue weighted by atomic mass is 35.5. The molecule has 6 nitrogen and oxygen atoms in total.